The Morgan fingerprint density at radius 1 is 1.22 bits per heavy atom. The summed E-state index contributed by atoms with van der Waals surface area (Å²) in [4.78, 5) is 0. The van der Waals surface area contributed by atoms with Crippen LogP contribution in [0.4, 0.5) is 0 Å². The van der Waals surface area contributed by atoms with Crippen LogP contribution in [0.25, 0.3) is 0 Å². The molecule has 2 unspecified atom stereocenters. The van der Waals surface area contributed by atoms with Crippen LogP contribution in [0, 0.1) is 5.92 Å². The molecule has 3 rings (SSSR count). The molecular formula is C16H23NO. The van der Waals surface area contributed by atoms with Crippen molar-refractivity contribution in [3.05, 3.63) is 29.3 Å². The van der Waals surface area contributed by atoms with Gasteiger partial charge in [0.15, 0.2) is 0 Å². The van der Waals surface area contributed by atoms with E-state index in [9.17, 15) is 0 Å². The topological polar surface area (TPSA) is 35.2 Å². The van der Waals surface area contributed by atoms with Crippen LogP contribution in [0.15, 0.2) is 18.2 Å². The Balaban J connectivity index is 1.78. The molecule has 1 aliphatic heterocycles. The first-order valence-electron chi connectivity index (χ1n) is 7.29. The number of hydrogen-bond acceptors (Lipinski definition) is 2. The third-order valence-electron chi connectivity index (χ3n) is 4.46. The summed E-state index contributed by atoms with van der Waals surface area (Å²) in [6.07, 6.45) is 8.03. The van der Waals surface area contributed by atoms with Gasteiger partial charge in [-0.1, -0.05) is 31.4 Å². The minimum absolute atomic E-state index is 0.214. The van der Waals surface area contributed by atoms with Crippen LogP contribution in [-0.2, 0) is 6.42 Å². The number of hydrogen-bond donors (Lipinski definition) is 1. The van der Waals surface area contributed by atoms with Gasteiger partial charge >= 0.3 is 0 Å². The third kappa shape index (κ3) is 2.26. The van der Waals surface area contributed by atoms with Crippen LogP contribution in [0.5, 0.6) is 5.75 Å². The molecule has 18 heavy (non-hydrogen) atoms. The molecule has 0 radical (unpaired) electrons. The van der Waals surface area contributed by atoms with E-state index in [1.807, 2.05) is 0 Å². The number of fused-ring (bicyclic) bond motifs is 1. The van der Waals surface area contributed by atoms with Crippen molar-refractivity contribution in [2.24, 2.45) is 11.7 Å². The van der Waals surface area contributed by atoms with Gasteiger partial charge in [-0.25, -0.2) is 0 Å². The lowest BCUT2D eigenvalue weighted by atomic mass is 9.81. The number of benzene rings is 1. The van der Waals surface area contributed by atoms with Crippen molar-refractivity contribution in [1.29, 1.82) is 0 Å². The SMILES string of the molecule is CC1Cc2cc(C(N)C3CCCCC3)ccc2O1. The van der Waals surface area contributed by atoms with E-state index in [0.717, 1.165) is 12.2 Å². The first-order valence-corrected chi connectivity index (χ1v) is 7.29. The highest BCUT2D eigenvalue weighted by Gasteiger charge is 2.24. The Bertz CT molecular complexity index is 423. The molecule has 2 atom stereocenters. The molecule has 98 valence electrons. The minimum atomic E-state index is 0.214. The third-order valence-corrected chi connectivity index (χ3v) is 4.46. The number of ether oxygens (including phenoxy) is 1. The molecule has 1 aromatic carbocycles. The highest BCUT2D eigenvalue weighted by molar-refractivity contribution is 5.41. The zero-order valence-electron chi connectivity index (χ0n) is 11.2. The Kier molecular flexibility index (Phi) is 3.29. The maximum absolute atomic E-state index is 6.46. The average molecular weight is 245 g/mol. The maximum Gasteiger partial charge on any atom is 0.123 e. The van der Waals surface area contributed by atoms with Gasteiger partial charge < -0.3 is 10.5 Å². The van der Waals surface area contributed by atoms with Crippen molar-refractivity contribution >= 4 is 0 Å². The molecule has 2 aliphatic rings. The minimum Gasteiger partial charge on any atom is -0.490 e. The molecule has 2 N–H and O–H groups in total. The second-order valence-corrected chi connectivity index (χ2v) is 5.92. The molecular weight excluding hydrogens is 222 g/mol. The summed E-state index contributed by atoms with van der Waals surface area (Å²) >= 11 is 0. The maximum atomic E-state index is 6.46. The van der Waals surface area contributed by atoms with E-state index in [-0.39, 0.29) is 6.04 Å². The van der Waals surface area contributed by atoms with Gasteiger partial charge in [0.05, 0.1) is 0 Å². The first kappa shape index (κ1) is 12.0. The Morgan fingerprint density at radius 3 is 2.78 bits per heavy atom. The molecule has 2 nitrogen and oxygen atoms in total. The van der Waals surface area contributed by atoms with Crippen molar-refractivity contribution in [1.82, 2.24) is 0 Å². The van der Waals surface area contributed by atoms with Gasteiger partial charge in [0.1, 0.15) is 11.9 Å². The summed E-state index contributed by atoms with van der Waals surface area (Å²) in [6.45, 7) is 2.13. The van der Waals surface area contributed by atoms with E-state index < -0.39 is 0 Å². The van der Waals surface area contributed by atoms with Crippen LogP contribution in [-0.4, -0.2) is 6.10 Å². The van der Waals surface area contributed by atoms with Gasteiger partial charge in [-0.15, -0.1) is 0 Å². The second kappa shape index (κ2) is 4.93. The lowest BCUT2D eigenvalue weighted by Gasteiger charge is -2.28. The lowest BCUT2D eigenvalue weighted by Crippen LogP contribution is -2.23. The van der Waals surface area contributed by atoms with Gasteiger partial charge in [-0.05, 0) is 42.9 Å². The highest BCUT2D eigenvalue weighted by Crippen LogP contribution is 2.36. The lowest BCUT2D eigenvalue weighted by molar-refractivity contribution is 0.254. The summed E-state index contributed by atoms with van der Waals surface area (Å²) in [5.41, 5.74) is 9.10. The molecule has 1 saturated carbocycles. The fraction of sp³-hybridized carbons (Fsp3) is 0.625. The van der Waals surface area contributed by atoms with Gasteiger partial charge in [0.25, 0.3) is 0 Å². The van der Waals surface area contributed by atoms with Crippen LogP contribution in [0.2, 0.25) is 0 Å². The fourth-order valence-corrected chi connectivity index (χ4v) is 3.41. The standard InChI is InChI=1S/C16H23NO/c1-11-9-14-10-13(7-8-15(14)18-11)16(17)12-5-3-2-4-6-12/h7-8,10-12,16H,2-6,9,17H2,1H3. The number of rotatable bonds is 2. The Labute approximate surface area is 110 Å². The predicted octanol–water partition coefficient (Wildman–Crippen LogP) is 3.59. The smallest absolute Gasteiger partial charge is 0.123 e. The summed E-state index contributed by atoms with van der Waals surface area (Å²) in [5.74, 6) is 1.73. The molecule has 1 fully saturated rings. The molecule has 0 saturated heterocycles. The molecule has 1 aliphatic carbocycles. The van der Waals surface area contributed by atoms with Crippen LogP contribution < -0.4 is 10.5 Å². The molecule has 2 heteroatoms. The molecule has 0 amide bonds. The highest BCUT2D eigenvalue weighted by atomic mass is 16.5. The van der Waals surface area contributed by atoms with Gasteiger partial charge in [-0.3, -0.25) is 0 Å². The Hall–Kier alpha value is -1.02. The number of nitrogens with two attached hydrogens (primary N) is 1. The fourth-order valence-electron chi connectivity index (χ4n) is 3.41. The zero-order chi connectivity index (χ0) is 12.5. The van der Waals surface area contributed by atoms with Gasteiger partial charge in [0, 0.05) is 12.5 Å². The van der Waals surface area contributed by atoms with E-state index in [1.54, 1.807) is 0 Å². The van der Waals surface area contributed by atoms with E-state index in [1.165, 1.54) is 43.2 Å². The van der Waals surface area contributed by atoms with Crippen molar-refractivity contribution in [3.63, 3.8) is 0 Å². The Morgan fingerprint density at radius 2 is 2.00 bits per heavy atom. The van der Waals surface area contributed by atoms with Crippen molar-refractivity contribution < 1.29 is 4.74 Å². The summed E-state index contributed by atoms with van der Waals surface area (Å²) < 4.78 is 5.75. The van der Waals surface area contributed by atoms with E-state index in [2.05, 4.69) is 25.1 Å². The van der Waals surface area contributed by atoms with E-state index in [0.29, 0.717) is 12.0 Å². The molecule has 1 aromatic rings. The monoisotopic (exact) mass is 245 g/mol. The largest absolute Gasteiger partial charge is 0.490 e. The zero-order valence-corrected chi connectivity index (χ0v) is 11.2. The predicted molar refractivity (Wildman–Crippen MR) is 73.7 cm³/mol. The quantitative estimate of drug-likeness (QED) is 0.864. The van der Waals surface area contributed by atoms with Crippen LogP contribution in [0.3, 0.4) is 0 Å². The van der Waals surface area contributed by atoms with Crippen molar-refractivity contribution in [3.8, 4) is 5.75 Å². The summed E-state index contributed by atoms with van der Waals surface area (Å²) in [7, 11) is 0. The van der Waals surface area contributed by atoms with E-state index >= 15 is 0 Å². The van der Waals surface area contributed by atoms with Crippen LogP contribution >= 0.6 is 0 Å². The van der Waals surface area contributed by atoms with Crippen LogP contribution in [0.1, 0.15) is 56.2 Å². The van der Waals surface area contributed by atoms with Gasteiger partial charge in [-0.2, -0.15) is 0 Å². The first-order chi connectivity index (χ1) is 8.74. The molecule has 0 spiro atoms. The summed E-state index contributed by atoms with van der Waals surface area (Å²) in [5, 5.41) is 0. The van der Waals surface area contributed by atoms with Crippen molar-refractivity contribution in [2.45, 2.75) is 57.6 Å². The molecule has 0 bridgehead atoms. The normalized spacial score (nSPS) is 25.6. The summed E-state index contributed by atoms with van der Waals surface area (Å²) in [6, 6.07) is 6.76. The average Bonchev–Trinajstić information content (AvgIpc) is 2.78. The molecule has 0 aromatic heterocycles. The van der Waals surface area contributed by atoms with Gasteiger partial charge in [0.2, 0.25) is 0 Å². The van der Waals surface area contributed by atoms with Crippen molar-refractivity contribution in [2.75, 3.05) is 0 Å². The second-order valence-electron chi connectivity index (χ2n) is 5.92. The molecule has 1 heterocycles. The van der Waals surface area contributed by atoms with E-state index in [4.69, 9.17) is 10.5 Å².